The van der Waals surface area contributed by atoms with Gasteiger partial charge in [-0.15, -0.1) is 24.0 Å². The fourth-order valence-electron chi connectivity index (χ4n) is 2.74. The highest BCUT2D eigenvalue weighted by Gasteiger charge is 2.29. The van der Waals surface area contributed by atoms with Crippen LogP contribution in [0.5, 0.6) is 0 Å². The van der Waals surface area contributed by atoms with Crippen molar-refractivity contribution in [3.05, 3.63) is 0 Å². The lowest BCUT2D eigenvalue weighted by Crippen LogP contribution is -2.41. The van der Waals surface area contributed by atoms with E-state index in [9.17, 15) is 0 Å². The predicted octanol–water partition coefficient (Wildman–Crippen LogP) is 3.59. The summed E-state index contributed by atoms with van der Waals surface area (Å²) in [5.74, 6) is 5.80. The zero-order chi connectivity index (χ0) is 14.3. The summed E-state index contributed by atoms with van der Waals surface area (Å²) in [6.45, 7) is 7.45. The van der Waals surface area contributed by atoms with E-state index in [1.807, 2.05) is 0 Å². The van der Waals surface area contributed by atoms with Crippen LogP contribution < -0.4 is 10.6 Å². The highest BCUT2D eigenvalue weighted by atomic mass is 127. The molecule has 0 aromatic carbocycles. The van der Waals surface area contributed by atoms with Gasteiger partial charge >= 0.3 is 0 Å². The number of guanidine groups is 1. The van der Waals surface area contributed by atoms with Gasteiger partial charge in [-0.2, -0.15) is 23.5 Å². The van der Waals surface area contributed by atoms with Crippen LogP contribution >= 0.6 is 47.5 Å². The van der Waals surface area contributed by atoms with Crippen LogP contribution in [0.15, 0.2) is 4.99 Å². The number of hydrogen-bond acceptors (Lipinski definition) is 3. The molecule has 0 radical (unpaired) electrons. The van der Waals surface area contributed by atoms with Crippen LogP contribution in [0.3, 0.4) is 0 Å². The third-order valence-electron chi connectivity index (χ3n) is 4.12. The Kier molecular flexibility index (Phi) is 9.84. The number of thioether (sulfide) groups is 2. The molecule has 21 heavy (non-hydrogen) atoms. The van der Waals surface area contributed by atoms with Crippen molar-refractivity contribution in [2.24, 2.45) is 10.9 Å². The average Bonchev–Trinajstić information content (AvgIpc) is 2.90. The maximum atomic E-state index is 4.82. The van der Waals surface area contributed by atoms with Gasteiger partial charge in [-0.25, -0.2) is 0 Å². The predicted molar refractivity (Wildman–Crippen MR) is 110 cm³/mol. The van der Waals surface area contributed by atoms with Gasteiger partial charge in [0.15, 0.2) is 5.96 Å². The number of rotatable bonds is 5. The molecule has 0 aliphatic carbocycles. The Morgan fingerprint density at radius 3 is 2.62 bits per heavy atom. The highest BCUT2D eigenvalue weighted by molar-refractivity contribution is 14.0. The molecule has 2 heterocycles. The van der Waals surface area contributed by atoms with Crippen LogP contribution in [0.2, 0.25) is 0 Å². The van der Waals surface area contributed by atoms with Crippen LogP contribution in [0.1, 0.15) is 39.5 Å². The van der Waals surface area contributed by atoms with Crippen molar-refractivity contribution in [2.45, 2.75) is 44.3 Å². The minimum atomic E-state index is 0. The largest absolute Gasteiger partial charge is 0.357 e. The number of aliphatic imine (C=N–C) groups is 1. The Bertz CT molecular complexity index is 314. The lowest BCUT2D eigenvalue weighted by molar-refractivity contribution is 0.478. The van der Waals surface area contributed by atoms with Crippen molar-refractivity contribution in [3.63, 3.8) is 0 Å². The van der Waals surface area contributed by atoms with Gasteiger partial charge in [0.25, 0.3) is 0 Å². The minimum Gasteiger partial charge on any atom is -0.357 e. The molecular formula is C15H30IN3S2. The van der Waals surface area contributed by atoms with Gasteiger partial charge in [0.05, 0.1) is 6.54 Å². The van der Waals surface area contributed by atoms with Crippen LogP contribution in [0.4, 0.5) is 0 Å². The van der Waals surface area contributed by atoms with Crippen LogP contribution in [0, 0.1) is 5.92 Å². The molecule has 0 bridgehead atoms. The summed E-state index contributed by atoms with van der Waals surface area (Å²) >= 11 is 4.18. The lowest BCUT2D eigenvalue weighted by atomic mass is 10.0. The fraction of sp³-hybridized carbons (Fsp3) is 0.933. The van der Waals surface area contributed by atoms with Gasteiger partial charge in [-0.1, -0.05) is 0 Å². The van der Waals surface area contributed by atoms with E-state index >= 15 is 0 Å². The van der Waals surface area contributed by atoms with E-state index in [0.717, 1.165) is 31.5 Å². The third kappa shape index (κ3) is 7.20. The van der Waals surface area contributed by atoms with Crippen molar-refractivity contribution in [1.29, 1.82) is 0 Å². The van der Waals surface area contributed by atoms with Gasteiger partial charge in [0, 0.05) is 17.8 Å². The van der Waals surface area contributed by atoms with Crippen LogP contribution in [0.25, 0.3) is 0 Å². The van der Waals surface area contributed by atoms with E-state index in [4.69, 9.17) is 4.99 Å². The molecule has 0 aromatic rings. The molecule has 0 saturated carbocycles. The van der Waals surface area contributed by atoms with Gasteiger partial charge in [0.2, 0.25) is 0 Å². The quantitative estimate of drug-likeness (QED) is 0.387. The molecule has 3 nitrogen and oxygen atoms in total. The zero-order valence-corrected chi connectivity index (χ0v) is 17.3. The number of nitrogens with zero attached hydrogens (tertiary/aromatic N) is 1. The van der Waals surface area contributed by atoms with E-state index < -0.39 is 0 Å². The van der Waals surface area contributed by atoms with Gasteiger partial charge in [-0.3, -0.25) is 4.99 Å². The standard InChI is InChI=1S/C15H29N3S2.HI/c1-3-16-14(17-11-13-5-9-19-10-6-13)18-12-15(2)7-4-8-20-15;/h13H,3-12H2,1-2H3,(H2,16,17,18);1H. The fourth-order valence-corrected chi connectivity index (χ4v) is 5.17. The molecule has 2 fully saturated rings. The van der Waals surface area contributed by atoms with Crippen LogP contribution in [-0.4, -0.2) is 47.6 Å². The molecule has 1 unspecified atom stereocenters. The van der Waals surface area contributed by atoms with E-state index in [1.54, 1.807) is 0 Å². The SMILES string of the molecule is CCNC(=NCC1(C)CCCS1)NCC1CCSCC1.I. The molecule has 6 heteroatoms. The average molecular weight is 443 g/mol. The summed E-state index contributed by atoms with van der Waals surface area (Å²) in [5.41, 5.74) is 0. The topological polar surface area (TPSA) is 36.4 Å². The molecule has 2 rings (SSSR count). The minimum absolute atomic E-state index is 0. The van der Waals surface area contributed by atoms with Gasteiger partial charge in [-0.05, 0) is 62.7 Å². The summed E-state index contributed by atoms with van der Waals surface area (Å²) in [6.07, 6.45) is 5.36. The Hall–Kier alpha value is 0.700. The summed E-state index contributed by atoms with van der Waals surface area (Å²) in [5, 5.41) is 6.94. The molecule has 1 atom stereocenters. The number of halogens is 1. The first-order chi connectivity index (χ1) is 9.72. The lowest BCUT2D eigenvalue weighted by Gasteiger charge is -2.24. The monoisotopic (exact) mass is 443 g/mol. The third-order valence-corrected chi connectivity index (χ3v) is 6.69. The molecular weight excluding hydrogens is 413 g/mol. The first kappa shape index (κ1) is 19.7. The Morgan fingerprint density at radius 1 is 1.24 bits per heavy atom. The second-order valence-corrected chi connectivity index (χ2v) is 8.94. The number of nitrogens with one attached hydrogen (secondary N) is 2. The van der Waals surface area contributed by atoms with E-state index in [1.165, 1.54) is 42.9 Å². The highest BCUT2D eigenvalue weighted by Crippen LogP contribution is 2.37. The molecule has 0 aromatic heterocycles. The molecule has 0 spiro atoms. The first-order valence-electron chi connectivity index (χ1n) is 7.96. The Morgan fingerprint density at radius 2 is 2.00 bits per heavy atom. The molecule has 0 amide bonds. The smallest absolute Gasteiger partial charge is 0.191 e. The van der Waals surface area contributed by atoms with Crippen molar-refractivity contribution in [1.82, 2.24) is 10.6 Å². The van der Waals surface area contributed by atoms with Gasteiger partial charge in [0.1, 0.15) is 0 Å². The first-order valence-corrected chi connectivity index (χ1v) is 10.1. The summed E-state index contributed by atoms with van der Waals surface area (Å²) in [4.78, 5) is 4.82. The van der Waals surface area contributed by atoms with Crippen molar-refractivity contribution in [2.75, 3.05) is 36.9 Å². The Balaban J connectivity index is 0.00000220. The maximum Gasteiger partial charge on any atom is 0.191 e. The van der Waals surface area contributed by atoms with E-state index in [-0.39, 0.29) is 24.0 Å². The van der Waals surface area contributed by atoms with Crippen molar-refractivity contribution < 1.29 is 0 Å². The molecule has 2 aliphatic heterocycles. The Labute approximate surface area is 155 Å². The molecule has 2 saturated heterocycles. The van der Waals surface area contributed by atoms with Crippen LogP contribution in [-0.2, 0) is 0 Å². The zero-order valence-electron chi connectivity index (χ0n) is 13.3. The van der Waals surface area contributed by atoms with Crippen molar-refractivity contribution >= 4 is 53.5 Å². The second kappa shape index (κ2) is 10.5. The van der Waals surface area contributed by atoms with E-state index in [2.05, 4.69) is 48.0 Å². The summed E-state index contributed by atoms with van der Waals surface area (Å²) in [6, 6.07) is 0. The van der Waals surface area contributed by atoms with Gasteiger partial charge < -0.3 is 10.6 Å². The maximum absolute atomic E-state index is 4.82. The second-order valence-electron chi connectivity index (χ2n) is 6.03. The normalized spacial score (nSPS) is 27.2. The number of hydrogen-bond donors (Lipinski definition) is 2. The summed E-state index contributed by atoms with van der Waals surface area (Å²) in [7, 11) is 0. The molecule has 2 N–H and O–H groups in total. The molecule has 124 valence electrons. The van der Waals surface area contributed by atoms with E-state index in [0.29, 0.717) is 4.75 Å². The van der Waals surface area contributed by atoms with Crippen molar-refractivity contribution in [3.8, 4) is 0 Å². The molecule has 2 aliphatic rings. The summed E-state index contributed by atoms with van der Waals surface area (Å²) < 4.78 is 0.365.